The van der Waals surface area contributed by atoms with Crippen molar-refractivity contribution in [1.29, 1.82) is 0 Å². The molecule has 0 spiro atoms. The van der Waals surface area contributed by atoms with E-state index >= 15 is 0 Å². The van der Waals surface area contributed by atoms with E-state index in [9.17, 15) is 4.79 Å². The predicted octanol–water partition coefficient (Wildman–Crippen LogP) is 0.946. The van der Waals surface area contributed by atoms with Gasteiger partial charge in [0.1, 0.15) is 0 Å². The summed E-state index contributed by atoms with van der Waals surface area (Å²) in [5.74, 6) is -0.178. The van der Waals surface area contributed by atoms with Crippen LogP contribution in [-0.2, 0) is 0 Å². The molecular formula is C10H13N3O. The molecule has 1 heterocycles. The molecule has 0 aromatic carbocycles. The average Bonchev–Trinajstić information content (AvgIpc) is 2.84. The lowest BCUT2D eigenvalue weighted by Crippen LogP contribution is -2.35. The van der Waals surface area contributed by atoms with Crippen molar-refractivity contribution in [3.63, 3.8) is 0 Å². The van der Waals surface area contributed by atoms with Gasteiger partial charge >= 0.3 is 0 Å². The van der Waals surface area contributed by atoms with E-state index < -0.39 is 0 Å². The van der Waals surface area contributed by atoms with E-state index in [1.165, 1.54) is 0 Å². The number of pyridine rings is 1. The van der Waals surface area contributed by atoms with Crippen molar-refractivity contribution in [2.45, 2.75) is 25.3 Å². The molecule has 0 atom stereocenters. The third kappa shape index (κ3) is 1.69. The molecule has 0 saturated heterocycles. The second-order valence-electron chi connectivity index (χ2n) is 3.96. The number of hydrogen-bond donors (Lipinski definition) is 2. The van der Waals surface area contributed by atoms with Crippen LogP contribution < -0.4 is 11.1 Å². The minimum Gasteiger partial charge on any atom is -0.397 e. The first kappa shape index (κ1) is 8.99. The molecule has 0 unspecified atom stereocenters. The molecule has 0 radical (unpaired) electrons. The summed E-state index contributed by atoms with van der Waals surface area (Å²) in [5.41, 5.74) is 6.36. The second-order valence-corrected chi connectivity index (χ2v) is 3.96. The van der Waals surface area contributed by atoms with E-state index in [2.05, 4.69) is 10.3 Å². The largest absolute Gasteiger partial charge is 0.397 e. The highest BCUT2D eigenvalue weighted by molar-refractivity contribution is 5.97. The molecule has 3 N–H and O–H groups in total. The summed E-state index contributed by atoms with van der Waals surface area (Å²) in [7, 11) is 0. The van der Waals surface area contributed by atoms with Crippen molar-refractivity contribution in [1.82, 2.24) is 10.3 Å². The lowest BCUT2D eigenvalue weighted by Gasteiger charge is -2.11. The van der Waals surface area contributed by atoms with E-state index in [4.69, 9.17) is 5.73 Å². The van der Waals surface area contributed by atoms with Crippen LogP contribution in [0.25, 0.3) is 0 Å². The Morgan fingerprint density at radius 3 is 2.93 bits per heavy atom. The molecule has 74 valence electrons. The Morgan fingerprint density at radius 1 is 1.64 bits per heavy atom. The van der Waals surface area contributed by atoms with Crippen LogP contribution in [0.3, 0.4) is 0 Å². The van der Waals surface area contributed by atoms with Crippen LogP contribution >= 0.6 is 0 Å². The number of anilines is 1. The molecule has 1 saturated carbocycles. The van der Waals surface area contributed by atoms with Crippen molar-refractivity contribution in [2.24, 2.45) is 0 Å². The Kier molecular flexibility index (Phi) is 1.91. The number of hydrogen-bond acceptors (Lipinski definition) is 3. The summed E-state index contributed by atoms with van der Waals surface area (Å²) in [6.07, 6.45) is 3.64. The molecule has 1 aromatic heterocycles. The van der Waals surface area contributed by atoms with Crippen LogP contribution in [0.5, 0.6) is 0 Å². The van der Waals surface area contributed by atoms with Crippen LogP contribution in [0.1, 0.15) is 30.3 Å². The van der Waals surface area contributed by atoms with E-state index in [0.29, 0.717) is 11.4 Å². The number of rotatable bonds is 2. The van der Waals surface area contributed by atoms with Gasteiger partial charge in [0.2, 0.25) is 0 Å². The molecule has 0 bridgehead atoms. The van der Waals surface area contributed by atoms with Gasteiger partial charge in [-0.2, -0.15) is 0 Å². The van der Waals surface area contributed by atoms with Crippen molar-refractivity contribution >= 4 is 11.6 Å². The zero-order chi connectivity index (χ0) is 10.2. The quantitative estimate of drug-likeness (QED) is 0.731. The molecule has 4 heteroatoms. The summed E-state index contributed by atoms with van der Waals surface area (Å²) in [4.78, 5) is 15.6. The maximum atomic E-state index is 11.7. The summed E-state index contributed by atoms with van der Waals surface area (Å²) in [6.45, 7) is 2.02. The van der Waals surface area contributed by atoms with E-state index in [-0.39, 0.29) is 11.4 Å². The van der Waals surface area contributed by atoms with Gasteiger partial charge in [-0.05, 0) is 31.9 Å². The van der Waals surface area contributed by atoms with Crippen molar-refractivity contribution in [2.75, 3.05) is 5.73 Å². The summed E-state index contributed by atoms with van der Waals surface area (Å²) >= 11 is 0. The van der Waals surface area contributed by atoms with Crippen LogP contribution in [0, 0.1) is 0 Å². The van der Waals surface area contributed by atoms with Gasteiger partial charge in [-0.1, -0.05) is 0 Å². The Hall–Kier alpha value is -1.58. The van der Waals surface area contributed by atoms with Gasteiger partial charge < -0.3 is 11.1 Å². The highest BCUT2D eigenvalue weighted by Crippen LogP contribution is 2.34. The number of nitrogens with two attached hydrogens (primary N) is 1. The van der Waals surface area contributed by atoms with Crippen molar-refractivity contribution in [3.05, 3.63) is 24.0 Å². The predicted molar refractivity (Wildman–Crippen MR) is 53.8 cm³/mol. The zero-order valence-corrected chi connectivity index (χ0v) is 8.08. The maximum absolute atomic E-state index is 11.7. The standard InChI is InChI=1S/C10H13N3O/c1-10(4-5-10)13-9(14)8-7(11)3-2-6-12-8/h2-3,6H,4-5,11H2,1H3,(H,13,14). The SMILES string of the molecule is CC1(NC(=O)c2ncccc2N)CC1. The van der Waals surface area contributed by atoms with Crippen molar-refractivity contribution < 1.29 is 4.79 Å². The van der Waals surface area contributed by atoms with Gasteiger partial charge in [-0.3, -0.25) is 4.79 Å². The Bertz CT molecular complexity index is 371. The van der Waals surface area contributed by atoms with Crippen molar-refractivity contribution in [3.8, 4) is 0 Å². The number of aromatic nitrogens is 1. The van der Waals surface area contributed by atoms with Gasteiger partial charge in [0.25, 0.3) is 5.91 Å². The molecule has 1 aromatic rings. The molecule has 4 nitrogen and oxygen atoms in total. The molecule has 1 aliphatic rings. The Labute approximate surface area is 82.5 Å². The second kappa shape index (κ2) is 2.97. The smallest absolute Gasteiger partial charge is 0.272 e. The summed E-state index contributed by atoms with van der Waals surface area (Å²) < 4.78 is 0. The number of amides is 1. The number of carbonyl (C=O) groups is 1. The van der Waals surface area contributed by atoms with E-state index in [0.717, 1.165) is 12.8 Å². The van der Waals surface area contributed by atoms with Crippen LogP contribution in [0.4, 0.5) is 5.69 Å². The Morgan fingerprint density at radius 2 is 2.36 bits per heavy atom. The normalized spacial score (nSPS) is 17.5. The zero-order valence-electron chi connectivity index (χ0n) is 8.08. The van der Waals surface area contributed by atoms with E-state index in [1.54, 1.807) is 18.3 Å². The fraction of sp³-hybridized carbons (Fsp3) is 0.400. The van der Waals surface area contributed by atoms with Crippen LogP contribution in [-0.4, -0.2) is 16.4 Å². The fourth-order valence-electron chi connectivity index (χ4n) is 1.25. The minimum absolute atomic E-state index is 0.0267. The number of nitrogen functional groups attached to an aromatic ring is 1. The number of nitrogens with one attached hydrogen (secondary N) is 1. The lowest BCUT2D eigenvalue weighted by atomic mass is 10.2. The van der Waals surface area contributed by atoms with Crippen LogP contribution in [0.15, 0.2) is 18.3 Å². The van der Waals surface area contributed by atoms with Gasteiger partial charge in [0, 0.05) is 11.7 Å². The highest BCUT2D eigenvalue weighted by atomic mass is 16.2. The first-order valence-corrected chi connectivity index (χ1v) is 4.64. The van der Waals surface area contributed by atoms with Gasteiger partial charge in [0.05, 0.1) is 5.69 Å². The van der Waals surface area contributed by atoms with Crippen LogP contribution in [0.2, 0.25) is 0 Å². The monoisotopic (exact) mass is 191 g/mol. The third-order valence-corrected chi connectivity index (χ3v) is 2.47. The number of carbonyl (C=O) groups excluding carboxylic acids is 1. The highest BCUT2D eigenvalue weighted by Gasteiger charge is 2.39. The third-order valence-electron chi connectivity index (χ3n) is 2.47. The first-order chi connectivity index (χ1) is 6.61. The molecule has 1 amide bonds. The Balaban J connectivity index is 2.15. The summed E-state index contributed by atoms with van der Waals surface area (Å²) in [5, 5.41) is 2.91. The average molecular weight is 191 g/mol. The summed E-state index contributed by atoms with van der Waals surface area (Å²) in [6, 6.07) is 3.39. The topological polar surface area (TPSA) is 68.0 Å². The number of nitrogens with zero attached hydrogens (tertiary/aromatic N) is 1. The molecular weight excluding hydrogens is 178 g/mol. The first-order valence-electron chi connectivity index (χ1n) is 4.64. The molecule has 0 aliphatic heterocycles. The molecule has 1 aliphatic carbocycles. The molecule has 2 rings (SSSR count). The lowest BCUT2D eigenvalue weighted by molar-refractivity contribution is 0.0931. The van der Waals surface area contributed by atoms with Gasteiger partial charge in [-0.25, -0.2) is 4.98 Å². The molecule has 1 fully saturated rings. The maximum Gasteiger partial charge on any atom is 0.272 e. The fourth-order valence-corrected chi connectivity index (χ4v) is 1.25. The van der Waals surface area contributed by atoms with Gasteiger partial charge in [0.15, 0.2) is 5.69 Å². The minimum atomic E-state index is -0.178. The molecule has 14 heavy (non-hydrogen) atoms. The van der Waals surface area contributed by atoms with Gasteiger partial charge in [-0.15, -0.1) is 0 Å². The van der Waals surface area contributed by atoms with E-state index in [1.807, 2.05) is 6.92 Å².